The number of thioether (sulfide) groups is 1. The van der Waals surface area contributed by atoms with E-state index in [4.69, 9.17) is 4.52 Å². The summed E-state index contributed by atoms with van der Waals surface area (Å²) in [6.45, 7) is 1.94. The van der Waals surface area contributed by atoms with Crippen molar-refractivity contribution in [1.82, 2.24) is 5.16 Å². The summed E-state index contributed by atoms with van der Waals surface area (Å²) < 4.78 is 5.13. The minimum atomic E-state index is 0.885. The summed E-state index contributed by atoms with van der Waals surface area (Å²) in [5, 5.41) is 3.85. The number of rotatable bonds is 4. The fourth-order valence-corrected chi connectivity index (χ4v) is 2.20. The number of aromatic nitrogens is 1. The third kappa shape index (κ3) is 3.13. The third-order valence-electron chi connectivity index (χ3n) is 2.03. The van der Waals surface area contributed by atoms with Crippen molar-refractivity contribution in [3.05, 3.63) is 53.4 Å². The zero-order chi connectivity index (χ0) is 10.5. The van der Waals surface area contributed by atoms with Gasteiger partial charge in [-0.1, -0.05) is 35.5 Å². The molecule has 78 valence electrons. The van der Waals surface area contributed by atoms with Crippen LogP contribution in [0.5, 0.6) is 0 Å². The molecular weight excluding hydrogens is 206 g/mol. The molecule has 2 rings (SSSR count). The maximum Gasteiger partial charge on any atom is 0.146 e. The van der Waals surface area contributed by atoms with Gasteiger partial charge in [0.2, 0.25) is 0 Å². The topological polar surface area (TPSA) is 26.0 Å². The van der Waals surface area contributed by atoms with Crippen LogP contribution >= 0.6 is 11.8 Å². The van der Waals surface area contributed by atoms with Crippen LogP contribution < -0.4 is 0 Å². The van der Waals surface area contributed by atoms with E-state index in [1.165, 1.54) is 5.56 Å². The monoisotopic (exact) mass is 219 g/mol. The molecule has 1 aromatic heterocycles. The van der Waals surface area contributed by atoms with Crippen molar-refractivity contribution in [2.45, 2.75) is 18.4 Å². The number of benzene rings is 1. The second kappa shape index (κ2) is 5.03. The number of hydrogen-bond acceptors (Lipinski definition) is 3. The molecular formula is C12H13NOS. The van der Waals surface area contributed by atoms with Gasteiger partial charge in [-0.3, -0.25) is 0 Å². The molecule has 0 radical (unpaired) electrons. The first-order valence-electron chi connectivity index (χ1n) is 4.88. The zero-order valence-corrected chi connectivity index (χ0v) is 9.46. The van der Waals surface area contributed by atoms with Crippen molar-refractivity contribution < 1.29 is 4.52 Å². The zero-order valence-electron chi connectivity index (χ0n) is 8.64. The lowest BCUT2D eigenvalue weighted by molar-refractivity contribution is 0.391. The molecule has 0 atom stereocenters. The molecule has 1 aromatic carbocycles. The smallest absolute Gasteiger partial charge is 0.146 e. The molecule has 0 fully saturated rings. The molecule has 0 aliphatic heterocycles. The fraction of sp³-hybridized carbons (Fsp3) is 0.250. The standard InChI is InChI=1S/C12H13NOS/c1-10-7-12(14-13-10)9-15-8-11-5-3-2-4-6-11/h2-7H,8-9H2,1H3. The van der Waals surface area contributed by atoms with Gasteiger partial charge in [0.15, 0.2) is 0 Å². The van der Waals surface area contributed by atoms with E-state index in [0.29, 0.717) is 0 Å². The Morgan fingerprint density at radius 2 is 2.00 bits per heavy atom. The van der Waals surface area contributed by atoms with E-state index >= 15 is 0 Å². The lowest BCUT2D eigenvalue weighted by atomic mass is 10.2. The first-order valence-corrected chi connectivity index (χ1v) is 6.04. The van der Waals surface area contributed by atoms with Gasteiger partial charge in [-0.05, 0) is 12.5 Å². The van der Waals surface area contributed by atoms with Gasteiger partial charge in [0.1, 0.15) is 5.76 Å². The lowest BCUT2D eigenvalue weighted by Crippen LogP contribution is -1.80. The van der Waals surface area contributed by atoms with Gasteiger partial charge in [0, 0.05) is 11.8 Å². The number of aryl methyl sites for hydroxylation is 1. The van der Waals surface area contributed by atoms with E-state index in [1.54, 1.807) is 0 Å². The summed E-state index contributed by atoms with van der Waals surface area (Å²) in [6.07, 6.45) is 0. The predicted octanol–water partition coefficient (Wildman–Crippen LogP) is 3.42. The van der Waals surface area contributed by atoms with Crippen LogP contribution in [0.25, 0.3) is 0 Å². The molecule has 0 aliphatic carbocycles. The molecule has 2 aromatic rings. The predicted molar refractivity (Wildman–Crippen MR) is 62.7 cm³/mol. The van der Waals surface area contributed by atoms with E-state index in [-0.39, 0.29) is 0 Å². The van der Waals surface area contributed by atoms with E-state index in [2.05, 4.69) is 29.4 Å². The normalized spacial score (nSPS) is 10.5. The average molecular weight is 219 g/mol. The second-order valence-corrected chi connectivity index (χ2v) is 4.40. The molecule has 0 amide bonds. The van der Waals surface area contributed by atoms with Crippen LogP contribution in [0.4, 0.5) is 0 Å². The first kappa shape index (κ1) is 10.3. The molecule has 15 heavy (non-hydrogen) atoms. The highest BCUT2D eigenvalue weighted by atomic mass is 32.2. The van der Waals surface area contributed by atoms with Crippen LogP contribution in [-0.2, 0) is 11.5 Å². The summed E-state index contributed by atoms with van der Waals surface area (Å²) in [5.74, 6) is 2.85. The molecule has 0 unspecified atom stereocenters. The summed E-state index contributed by atoms with van der Waals surface area (Å²) in [7, 11) is 0. The van der Waals surface area contributed by atoms with Gasteiger partial charge >= 0.3 is 0 Å². The largest absolute Gasteiger partial charge is 0.360 e. The molecule has 1 heterocycles. The van der Waals surface area contributed by atoms with Gasteiger partial charge < -0.3 is 4.52 Å². The van der Waals surface area contributed by atoms with Crippen molar-refractivity contribution >= 4 is 11.8 Å². The van der Waals surface area contributed by atoms with Crippen molar-refractivity contribution in [2.75, 3.05) is 0 Å². The summed E-state index contributed by atoms with van der Waals surface area (Å²) in [4.78, 5) is 0. The van der Waals surface area contributed by atoms with Crippen LogP contribution in [0.1, 0.15) is 17.0 Å². The second-order valence-electron chi connectivity index (χ2n) is 3.41. The Labute approximate surface area is 93.7 Å². The quantitative estimate of drug-likeness (QED) is 0.788. The number of hydrogen-bond donors (Lipinski definition) is 0. The molecule has 0 saturated carbocycles. The van der Waals surface area contributed by atoms with E-state index < -0.39 is 0 Å². The Bertz CT molecular complexity index is 411. The Balaban J connectivity index is 1.80. The summed E-state index contributed by atoms with van der Waals surface area (Å²) in [6, 6.07) is 12.4. The van der Waals surface area contributed by atoms with Crippen LogP contribution in [0.15, 0.2) is 40.9 Å². The van der Waals surface area contributed by atoms with Gasteiger partial charge in [0.25, 0.3) is 0 Å². The Hall–Kier alpha value is -1.22. The van der Waals surface area contributed by atoms with Crippen molar-refractivity contribution in [2.24, 2.45) is 0 Å². The minimum Gasteiger partial charge on any atom is -0.360 e. The van der Waals surface area contributed by atoms with Crippen LogP contribution in [0.3, 0.4) is 0 Å². The van der Waals surface area contributed by atoms with Gasteiger partial charge in [-0.2, -0.15) is 0 Å². The Kier molecular flexibility index (Phi) is 3.45. The van der Waals surface area contributed by atoms with Gasteiger partial charge in [-0.25, -0.2) is 0 Å². The highest BCUT2D eigenvalue weighted by Crippen LogP contribution is 2.17. The maximum absolute atomic E-state index is 5.13. The Morgan fingerprint density at radius 3 is 2.67 bits per heavy atom. The highest BCUT2D eigenvalue weighted by molar-refractivity contribution is 7.97. The highest BCUT2D eigenvalue weighted by Gasteiger charge is 2.00. The van der Waals surface area contributed by atoms with E-state index in [9.17, 15) is 0 Å². The van der Waals surface area contributed by atoms with E-state index in [1.807, 2.05) is 30.8 Å². The fourth-order valence-electron chi connectivity index (χ4n) is 1.33. The third-order valence-corrected chi connectivity index (χ3v) is 3.06. The SMILES string of the molecule is Cc1cc(CSCc2ccccc2)on1. The molecule has 0 aliphatic rings. The summed E-state index contributed by atoms with van der Waals surface area (Å²) >= 11 is 1.84. The van der Waals surface area contributed by atoms with E-state index in [0.717, 1.165) is 23.0 Å². The molecule has 0 bridgehead atoms. The molecule has 3 heteroatoms. The molecule has 0 saturated heterocycles. The maximum atomic E-state index is 5.13. The minimum absolute atomic E-state index is 0.885. The van der Waals surface area contributed by atoms with Crippen molar-refractivity contribution in [3.63, 3.8) is 0 Å². The van der Waals surface area contributed by atoms with Gasteiger partial charge in [0.05, 0.1) is 11.4 Å². The van der Waals surface area contributed by atoms with Crippen molar-refractivity contribution in [3.8, 4) is 0 Å². The molecule has 0 spiro atoms. The molecule has 0 N–H and O–H groups in total. The summed E-state index contributed by atoms with van der Waals surface area (Å²) in [5.41, 5.74) is 2.30. The average Bonchev–Trinajstić information content (AvgIpc) is 2.66. The lowest BCUT2D eigenvalue weighted by Gasteiger charge is -1.98. The first-order chi connectivity index (χ1) is 7.34. The number of nitrogens with zero attached hydrogens (tertiary/aromatic N) is 1. The molecule has 2 nitrogen and oxygen atoms in total. The van der Waals surface area contributed by atoms with Crippen molar-refractivity contribution in [1.29, 1.82) is 0 Å². The van der Waals surface area contributed by atoms with Crippen LogP contribution in [0.2, 0.25) is 0 Å². The Morgan fingerprint density at radius 1 is 1.20 bits per heavy atom. The van der Waals surface area contributed by atoms with Crippen LogP contribution in [-0.4, -0.2) is 5.16 Å². The van der Waals surface area contributed by atoms with Gasteiger partial charge in [-0.15, -0.1) is 11.8 Å². The van der Waals surface area contributed by atoms with Crippen LogP contribution in [0, 0.1) is 6.92 Å².